The Balaban J connectivity index is 2.75. The summed E-state index contributed by atoms with van der Waals surface area (Å²) in [4.78, 5) is 21.0. The molecule has 0 atom stereocenters. The van der Waals surface area contributed by atoms with Crippen LogP contribution in [0.2, 0.25) is 0 Å². The first kappa shape index (κ1) is 9.45. The van der Waals surface area contributed by atoms with Crippen molar-refractivity contribution in [1.82, 2.24) is 0 Å². The van der Waals surface area contributed by atoms with Gasteiger partial charge in [-0.1, -0.05) is 24.3 Å². The maximum atomic E-state index is 10.5. The molecule has 0 spiro atoms. The van der Waals surface area contributed by atoms with Gasteiger partial charge < -0.3 is 4.74 Å². The fourth-order valence-electron chi connectivity index (χ4n) is 0.960. The summed E-state index contributed by atoms with van der Waals surface area (Å²) in [5.74, 6) is -0.347. The van der Waals surface area contributed by atoms with Gasteiger partial charge >= 0.3 is 5.97 Å². The fraction of sp³-hybridized carbons (Fsp3) is 0.200. The van der Waals surface area contributed by atoms with E-state index in [9.17, 15) is 9.59 Å². The molecule has 1 rings (SSSR count). The van der Waals surface area contributed by atoms with Gasteiger partial charge in [0.15, 0.2) is 0 Å². The molecule has 0 amide bonds. The van der Waals surface area contributed by atoms with Crippen molar-refractivity contribution in [2.24, 2.45) is 0 Å². The van der Waals surface area contributed by atoms with Crippen LogP contribution in [0, 0.1) is 0 Å². The van der Waals surface area contributed by atoms with Crippen LogP contribution in [0.15, 0.2) is 24.3 Å². The lowest BCUT2D eigenvalue weighted by Crippen LogP contribution is -2.01. The summed E-state index contributed by atoms with van der Waals surface area (Å²) in [7, 11) is 0. The minimum atomic E-state index is -0.347. The van der Waals surface area contributed by atoms with Gasteiger partial charge in [0, 0.05) is 12.5 Å². The molecule has 68 valence electrons. The van der Waals surface area contributed by atoms with Crippen LogP contribution in [0.25, 0.3) is 0 Å². The minimum absolute atomic E-state index is 0.157. The summed E-state index contributed by atoms with van der Waals surface area (Å²) in [5, 5.41) is 0. The van der Waals surface area contributed by atoms with E-state index in [1.165, 1.54) is 6.92 Å². The lowest BCUT2D eigenvalue weighted by atomic mass is 10.1. The number of carbonyl (C=O) groups excluding carboxylic acids is 2. The van der Waals surface area contributed by atoms with Gasteiger partial charge in [0.25, 0.3) is 0 Å². The first-order chi connectivity index (χ1) is 6.24. The van der Waals surface area contributed by atoms with Crippen molar-refractivity contribution in [2.45, 2.75) is 13.5 Å². The summed E-state index contributed by atoms with van der Waals surface area (Å²) in [6, 6.07) is 7.01. The molecule has 0 fully saturated rings. The fourth-order valence-corrected chi connectivity index (χ4v) is 0.960. The quantitative estimate of drug-likeness (QED) is 0.521. The molecular formula is C10H10O3. The van der Waals surface area contributed by atoms with Crippen molar-refractivity contribution in [2.75, 3.05) is 0 Å². The highest BCUT2D eigenvalue weighted by Crippen LogP contribution is 2.07. The Kier molecular flexibility index (Phi) is 3.20. The molecule has 0 heterocycles. The second kappa shape index (κ2) is 4.40. The molecule has 1 aromatic rings. The lowest BCUT2D eigenvalue weighted by molar-refractivity contribution is -0.142. The Morgan fingerprint density at radius 1 is 1.46 bits per heavy atom. The monoisotopic (exact) mass is 178 g/mol. The van der Waals surface area contributed by atoms with Crippen molar-refractivity contribution in [3.05, 3.63) is 35.4 Å². The van der Waals surface area contributed by atoms with Gasteiger partial charge in [-0.25, -0.2) is 0 Å². The van der Waals surface area contributed by atoms with Crippen LogP contribution in [-0.4, -0.2) is 12.3 Å². The van der Waals surface area contributed by atoms with E-state index in [2.05, 4.69) is 0 Å². The van der Waals surface area contributed by atoms with E-state index >= 15 is 0 Å². The van der Waals surface area contributed by atoms with Crippen molar-refractivity contribution in [3.63, 3.8) is 0 Å². The number of rotatable bonds is 3. The van der Waals surface area contributed by atoms with E-state index in [0.717, 1.165) is 11.8 Å². The number of esters is 1. The zero-order valence-electron chi connectivity index (χ0n) is 7.32. The summed E-state index contributed by atoms with van der Waals surface area (Å²) >= 11 is 0. The molecule has 3 nitrogen and oxygen atoms in total. The Bertz CT molecular complexity index is 318. The van der Waals surface area contributed by atoms with E-state index in [-0.39, 0.29) is 12.6 Å². The average Bonchev–Trinajstić information content (AvgIpc) is 2.15. The summed E-state index contributed by atoms with van der Waals surface area (Å²) in [6.45, 7) is 1.49. The van der Waals surface area contributed by atoms with Crippen LogP contribution in [0.1, 0.15) is 22.8 Å². The van der Waals surface area contributed by atoms with Crippen molar-refractivity contribution < 1.29 is 14.3 Å². The molecular weight excluding hydrogens is 168 g/mol. The van der Waals surface area contributed by atoms with Crippen LogP contribution in [0.4, 0.5) is 0 Å². The molecule has 0 unspecified atom stereocenters. The predicted octanol–water partition coefficient (Wildman–Crippen LogP) is 1.56. The Morgan fingerprint density at radius 2 is 2.15 bits per heavy atom. The number of aldehydes is 1. The van der Waals surface area contributed by atoms with Crippen LogP contribution in [-0.2, 0) is 16.1 Å². The van der Waals surface area contributed by atoms with Crippen LogP contribution in [0.3, 0.4) is 0 Å². The second-order valence-corrected chi connectivity index (χ2v) is 2.60. The Morgan fingerprint density at radius 3 is 2.77 bits per heavy atom. The van der Waals surface area contributed by atoms with Crippen molar-refractivity contribution in [1.29, 1.82) is 0 Å². The molecule has 1 aromatic carbocycles. The maximum Gasteiger partial charge on any atom is 0.302 e. The molecule has 0 saturated carbocycles. The molecule has 0 saturated heterocycles. The number of hydrogen-bond donors (Lipinski definition) is 0. The highest BCUT2D eigenvalue weighted by Gasteiger charge is 2.01. The van der Waals surface area contributed by atoms with Gasteiger partial charge in [0.1, 0.15) is 12.9 Å². The molecule has 0 aromatic heterocycles. The standard InChI is InChI=1S/C10H10O3/c1-8(12)13-7-10-5-3-2-4-9(10)6-11/h2-6H,7H2,1H3. The third-order valence-corrected chi connectivity index (χ3v) is 1.61. The van der Waals surface area contributed by atoms with E-state index in [1.54, 1.807) is 24.3 Å². The van der Waals surface area contributed by atoms with Crippen LogP contribution < -0.4 is 0 Å². The minimum Gasteiger partial charge on any atom is -0.461 e. The van der Waals surface area contributed by atoms with E-state index in [1.807, 2.05) is 0 Å². The molecule has 3 heteroatoms. The summed E-state index contributed by atoms with van der Waals surface area (Å²) in [5.41, 5.74) is 1.29. The van der Waals surface area contributed by atoms with Crippen molar-refractivity contribution >= 4 is 12.3 Å². The Labute approximate surface area is 76.3 Å². The predicted molar refractivity (Wildman–Crippen MR) is 47.3 cm³/mol. The van der Waals surface area contributed by atoms with E-state index in [4.69, 9.17) is 4.74 Å². The zero-order chi connectivity index (χ0) is 9.68. The van der Waals surface area contributed by atoms with Gasteiger partial charge in [-0.15, -0.1) is 0 Å². The first-order valence-electron chi connectivity index (χ1n) is 3.90. The number of hydrogen-bond acceptors (Lipinski definition) is 3. The number of ether oxygens (including phenoxy) is 1. The van der Waals surface area contributed by atoms with Gasteiger partial charge in [-0.3, -0.25) is 9.59 Å². The highest BCUT2D eigenvalue weighted by atomic mass is 16.5. The van der Waals surface area contributed by atoms with Crippen LogP contribution in [0.5, 0.6) is 0 Å². The molecule has 0 N–H and O–H groups in total. The molecule has 0 radical (unpaired) electrons. The molecule has 0 aliphatic carbocycles. The Hall–Kier alpha value is -1.64. The first-order valence-corrected chi connectivity index (χ1v) is 3.90. The third-order valence-electron chi connectivity index (χ3n) is 1.61. The van der Waals surface area contributed by atoms with Crippen molar-refractivity contribution in [3.8, 4) is 0 Å². The second-order valence-electron chi connectivity index (χ2n) is 2.60. The molecule has 0 aliphatic rings. The van der Waals surface area contributed by atoms with Gasteiger partial charge in [-0.05, 0) is 5.56 Å². The topological polar surface area (TPSA) is 43.4 Å². The number of benzene rings is 1. The molecule has 0 bridgehead atoms. The molecule has 13 heavy (non-hydrogen) atoms. The maximum absolute atomic E-state index is 10.5. The smallest absolute Gasteiger partial charge is 0.302 e. The van der Waals surface area contributed by atoms with Gasteiger partial charge in [0.2, 0.25) is 0 Å². The van der Waals surface area contributed by atoms with Crippen LogP contribution >= 0.6 is 0 Å². The number of carbonyl (C=O) groups is 2. The zero-order valence-corrected chi connectivity index (χ0v) is 7.32. The summed E-state index contributed by atoms with van der Waals surface area (Å²) < 4.78 is 4.77. The van der Waals surface area contributed by atoms with Gasteiger partial charge in [0.05, 0.1) is 0 Å². The SMILES string of the molecule is CC(=O)OCc1ccccc1C=O. The lowest BCUT2D eigenvalue weighted by Gasteiger charge is -2.03. The average molecular weight is 178 g/mol. The van der Waals surface area contributed by atoms with Gasteiger partial charge in [-0.2, -0.15) is 0 Å². The normalized spacial score (nSPS) is 9.31. The van der Waals surface area contributed by atoms with E-state index < -0.39 is 0 Å². The van der Waals surface area contributed by atoms with E-state index in [0.29, 0.717) is 5.56 Å². The third kappa shape index (κ3) is 2.71. The molecule has 0 aliphatic heterocycles. The highest BCUT2D eigenvalue weighted by molar-refractivity contribution is 5.77. The largest absolute Gasteiger partial charge is 0.461 e. The summed E-state index contributed by atoms with van der Waals surface area (Å²) in [6.07, 6.45) is 0.749.